The Balaban J connectivity index is 2.56. The second-order valence-corrected chi connectivity index (χ2v) is 5.53. The quantitative estimate of drug-likeness (QED) is 0.730. The van der Waals surface area contributed by atoms with Crippen LogP contribution >= 0.6 is 31.9 Å². The fraction of sp³-hybridized carbons (Fsp3) is 0.0769. The largest absolute Gasteiger partial charge is 0.383 e. The SMILES string of the molecule is OC(c1ccc(F)cc1Br)c1c(F)ccc(Br)c1F. The molecule has 0 aliphatic rings. The van der Waals surface area contributed by atoms with E-state index >= 15 is 0 Å². The Morgan fingerprint density at radius 3 is 2.26 bits per heavy atom. The number of aliphatic hydroxyl groups is 1. The van der Waals surface area contributed by atoms with Crippen molar-refractivity contribution in [3.63, 3.8) is 0 Å². The van der Waals surface area contributed by atoms with Crippen LogP contribution in [0.15, 0.2) is 39.3 Å². The van der Waals surface area contributed by atoms with Crippen molar-refractivity contribution in [2.24, 2.45) is 0 Å². The number of rotatable bonds is 2. The Kier molecular flexibility index (Phi) is 4.32. The van der Waals surface area contributed by atoms with Gasteiger partial charge in [0.2, 0.25) is 0 Å². The van der Waals surface area contributed by atoms with Crippen molar-refractivity contribution in [1.82, 2.24) is 0 Å². The van der Waals surface area contributed by atoms with E-state index in [2.05, 4.69) is 31.9 Å². The highest BCUT2D eigenvalue weighted by molar-refractivity contribution is 9.10. The number of aliphatic hydroxyl groups excluding tert-OH is 1. The van der Waals surface area contributed by atoms with E-state index in [1.165, 1.54) is 12.1 Å². The standard InChI is InChI=1S/C13H7Br2F3O/c14-8-3-4-10(17)11(12(8)18)13(19)7-2-1-6(16)5-9(7)15/h1-5,13,19H. The van der Waals surface area contributed by atoms with Crippen molar-refractivity contribution in [2.45, 2.75) is 6.10 Å². The number of hydrogen-bond donors (Lipinski definition) is 1. The molecule has 1 unspecified atom stereocenters. The van der Waals surface area contributed by atoms with Crippen molar-refractivity contribution < 1.29 is 18.3 Å². The first kappa shape index (κ1) is 14.6. The summed E-state index contributed by atoms with van der Waals surface area (Å²) in [6, 6.07) is 5.75. The maximum Gasteiger partial charge on any atom is 0.146 e. The maximum atomic E-state index is 13.9. The summed E-state index contributed by atoms with van der Waals surface area (Å²) in [5.41, 5.74) is -0.306. The molecule has 6 heteroatoms. The molecule has 2 rings (SSSR count). The number of benzene rings is 2. The Morgan fingerprint density at radius 1 is 0.947 bits per heavy atom. The van der Waals surface area contributed by atoms with E-state index in [-0.39, 0.29) is 14.5 Å². The molecular weight excluding hydrogens is 389 g/mol. The highest BCUT2D eigenvalue weighted by atomic mass is 79.9. The van der Waals surface area contributed by atoms with Crippen LogP contribution in [0.1, 0.15) is 17.2 Å². The molecule has 0 fully saturated rings. The lowest BCUT2D eigenvalue weighted by Gasteiger charge is -2.15. The summed E-state index contributed by atoms with van der Waals surface area (Å²) >= 11 is 5.98. The van der Waals surface area contributed by atoms with Gasteiger partial charge in [-0.05, 0) is 45.8 Å². The van der Waals surface area contributed by atoms with Gasteiger partial charge in [0.05, 0.1) is 10.0 Å². The van der Waals surface area contributed by atoms with E-state index in [1.807, 2.05) is 0 Å². The monoisotopic (exact) mass is 394 g/mol. The van der Waals surface area contributed by atoms with Crippen LogP contribution in [0.5, 0.6) is 0 Å². The molecule has 2 aromatic rings. The van der Waals surface area contributed by atoms with Gasteiger partial charge >= 0.3 is 0 Å². The Morgan fingerprint density at radius 2 is 1.63 bits per heavy atom. The smallest absolute Gasteiger partial charge is 0.146 e. The van der Waals surface area contributed by atoms with Crippen molar-refractivity contribution in [3.8, 4) is 0 Å². The molecule has 0 radical (unpaired) electrons. The molecule has 0 bridgehead atoms. The van der Waals surface area contributed by atoms with Crippen molar-refractivity contribution in [3.05, 3.63) is 67.9 Å². The third-order valence-electron chi connectivity index (χ3n) is 2.61. The Hall–Kier alpha value is -0.850. The first-order valence-corrected chi connectivity index (χ1v) is 6.77. The van der Waals surface area contributed by atoms with Crippen molar-refractivity contribution in [2.75, 3.05) is 0 Å². The molecule has 1 atom stereocenters. The van der Waals surface area contributed by atoms with Crippen LogP contribution in [0.3, 0.4) is 0 Å². The summed E-state index contributed by atoms with van der Waals surface area (Å²) in [5, 5.41) is 10.1. The van der Waals surface area contributed by atoms with E-state index in [1.54, 1.807) is 0 Å². The van der Waals surface area contributed by atoms with Gasteiger partial charge in [-0.25, -0.2) is 13.2 Å². The number of halogens is 5. The van der Waals surface area contributed by atoms with Gasteiger partial charge in [0.15, 0.2) is 0 Å². The van der Waals surface area contributed by atoms with Crippen LogP contribution < -0.4 is 0 Å². The molecule has 1 nitrogen and oxygen atoms in total. The summed E-state index contributed by atoms with van der Waals surface area (Å²) in [6.45, 7) is 0. The summed E-state index contributed by atoms with van der Waals surface area (Å²) in [6.07, 6.45) is -1.53. The van der Waals surface area contributed by atoms with Gasteiger partial charge in [-0.1, -0.05) is 22.0 Å². The van der Waals surface area contributed by atoms with E-state index < -0.39 is 29.1 Å². The van der Waals surface area contributed by atoms with Gasteiger partial charge in [-0.15, -0.1) is 0 Å². The molecule has 100 valence electrons. The van der Waals surface area contributed by atoms with E-state index in [9.17, 15) is 18.3 Å². The minimum atomic E-state index is -1.53. The van der Waals surface area contributed by atoms with Gasteiger partial charge in [0.1, 0.15) is 23.6 Å². The lowest BCUT2D eigenvalue weighted by molar-refractivity contribution is 0.208. The molecule has 1 N–H and O–H groups in total. The van der Waals surface area contributed by atoms with Gasteiger partial charge in [0, 0.05) is 4.47 Å². The molecule has 0 aromatic heterocycles. The highest BCUT2D eigenvalue weighted by Gasteiger charge is 2.23. The number of hydrogen-bond acceptors (Lipinski definition) is 1. The predicted octanol–water partition coefficient (Wildman–Crippen LogP) is 4.71. The van der Waals surface area contributed by atoms with E-state index in [0.717, 1.165) is 18.2 Å². The topological polar surface area (TPSA) is 20.2 Å². The van der Waals surface area contributed by atoms with Crippen LogP contribution in [0, 0.1) is 17.5 Å². The normalized spacial score (nSPS) is 12.5. The van der Waals surface area contributed by atoms with Gasteiger partial charge in [-0.2, -0.15) is 0 Å². The molecule has 0 spiro atoms. The molecular formula is C13H7Br2F3O. The zero-order chi connectivity index (χ0) is 14.2. The lowest BCUT2D eigenvalue weighted by atomic mass is 10.0. The fourth-order valence-corrected chi connectivity index (χ4v) is 2.59. The first-order valence-electron chi connectivity index (χ1n) is 5.18. The van der Waals surface area contributed by atoms with Crippen LogP contribution in [-0.2, 0) is 0 Å². The highest BCUT2D eigenvalue weighted by Crippen LogP contribution is 2.34. The van der Waals surface area contributed by atoms with Gasteiger partial charge in [0.25, 0.3) is 0 Å². The Labute approximate surface area is 124 Å². The summed E-state index contributed by atoms with van der Waals surface area (Å²) in [7, 11) is 0. The average molecular weight is 396 g/mol. The second-order valence-electron chi connectivity index (χ2n) is 3.83. The van der Waals surface area contributed by atoms with Crippen LogP contribution in [0.2, 0.25) is 0 Å². The first-order chi connectivity index (χ1) is 8.91. The molecule has 0 aliphatic heterocycles. The molecule has 0 saturated carbocycles. The summed E-state index contributed by atoms with van der Waals surface area (Å²) in [4.78, 5) is 0. The molecule has 0 saturated heterocycles. The van der Waals surface area contributed by atoms with Crippen LogP contribution in [0.4, 0.5) is 13.2 Å². The fourth-order valence-electron chi connectivity index (χ4n) is 1.67. The molecule has 0 aliphatic carbocycles. The Bertz CT molecular complexity index is 632. The van der Waals surface area contributed by atoms with Crippen LogP contribution in [-0.4, -0.2) is 5.11 Å². The molecule has 0 heterocycles. The van der Waals surface area contributed by atoms with Crippen LogP contribution in [0.25, 0.3) is 0 Å². The van der Waals surface area contributed by atoms with E-state index in [0.29, 0.717) is 0 Å². The minimum Gasteiger partial charge on any atom is -0.383 e. The maximum absolute atomic E-state index is 13.9. The average Bonchev–Trinajstić information content (AvgIpc) is 2.34. The zero-order valence-electron chi connectivity index (χ0n) is 9.30. The summed E-state index contributed by atoms with van der Waals surface area (Å²) in [5.74, 6) is -2.27. The van der Waals surface area contributed by atoms with Crippen molar-refractivity contribution >= 4 is 31.9 Å². The third kappa shape index (κ3) is 2.85. The van der Waals surface area contributed by atoms with Gasteiger partial charge < -0.3 is 5.11 Å². The second kappa shape index (κ2) is 5.64. The molecule has 2 aromatic carbocycles. The van der Waals surface area contributed by atoms with Crippen molar-refractivity contribution in [1.29, 1.82) is 0 Å². The molecule has 19 heavy (non-hydrogen) atoms. The summed E-state index contributed by atoms with van der Waals surface area (Å²) < 4.78 is 40.8. The lowest BCUT2D eigenvalue weighted by Crippen LogP contribution is -2.07. The van der Waals surface area contributed by atoms with E-state index in [4.69, 9.17) is 0 Å². The van der Waals surface area contributed by atoms with Gasteiger partial charge in [-0.3, -0.25) is 0 Å². The molecule has 0 amide bonds. The predicted molar refractivity (Wildman–Crippen MR) is 72.2 cm³/mol. The minimum absolute atomic E-state index is 0.0428. The third-order valence-corrected chi connectivity index (χ3v) is 3.91. The zero-order valence-corrected chi connectivity index (χ0v) is 12.5.